The molecule has 0 aliphatic carbocycles. The number of carbonyl (C=O) groups is 2. The van der Waals surface area contributed by atoms with Gasteiger partial charge in [0.1, 0.15) is 12.3 Å². The number of benzene rings is 1. The van der Waals surface area contributed by atoms with Gasteiger partial charge in [0.05, 0.1) is 24.1 Å². The summed E-state index contributed by atoms with van der Waals surface area (Å²) in [5.41, 5.74) is 5.32. The monoisotopic (exact) mass is 502 g/mol. The Hall–Kier alpha value is -4.27. The Kier molecular flexibility index (Phi) is 9.32. The third-order valence-corrected chi connectivity index (χ3v) is 5.98. The highest BCUT2D eigenvalue weighted by molar-refractivity contribution is 6.20. The van der Waals surface area contributed by atoms with Crippen molar-refractivity contribution in [2.45, 2.75) is 53.5 Å². The summed E-state index contributed by atoms with van der Waals surface area (Å²) >= 11 is 0. The second-order valence-electron chi connectivity index (χ2n) is 8.66. The summed E-state index contributed by atoms with van der Waals surface area (Å²) in [5, 5.41) is 17.2. The van der Waals surface area contributed by atoms with Crippen LogP contribution >= 0.6 is 0 Å². The molecule has 3 N–H and O–H groups in total. The minimum absolute atomic E-state index is 0.0950. The van der Waals surface area contributed by atoms with E-state index in [0.29, 0.717) is 17.6 Å². The number of oxazole rings is 1. The van der Waals surface area contributed by atoms with Crippen molar-refractivity contribution in [3.05, 3.63) is 76.8 Å². The zero-order valence-electron chi connectivity index (χ0n) is 22.0. The number of aromatic nitrogens is 3. The number of nitrogens with zero attached hydrogens (tertiary/aromatic N) is 3. The van der Waals surface area contributed by atoms with Crippen LogP contribution in [0.4, 0.5) is 0 Å². The van der Waals surface area contributed by atoms with Gasteiger partial charge in [-0.25, -0.2) is 9.67 Å². The van der Waals surface area contributed by atoms with E-state index in [1.165, 1.54) is 6.26 Å². The summed E-state index contributed by atoms with van der Waals surface area (Å²) in [4.78, 5) is 29.9. The molecule has 9 nitrogen and oxygen atoms in total. The van der Waals surface area contributed by atoms with Crippen LogP contribution in [0.5, 0.6) is 0 Å². The lowest BCUT2D eigenvalue weighted by Crippen LogP contribution is -2.29. The molecule has 0 radical (unpaired) electrons. The van der Waals surface area contributed by atoms with E-state index in [-0.39, 0.29) is 24.0 Å². The van der Waals surface area contributed by atoms with Crippen LogP contribution in [-0.4, -0.2) is 39.3 Å². The first-order valence-corrected chi connectivity index (χ1v) is 12.3. The van der Waals surface area contributed by atoms with Gasteiger partial charge in [-0.1, -0.05) is 43.2 Å². The van der Waals surface area contributed by atoms with Gasteiger partial charge in [0.15, 0.2) is 5.69 Å². The van der Waals surface area contributed by atoms with E-state index >= 15 is 0 Å². The maximum atomic E-state index is 13.5. The number of aryl methyl sites for hydroxylation is 1. The fourth-order valence-electron chi connectivity index (χ4n) is 3.70. The van der Waals surface area contributed by atoms with Gasteiger partial charge >= 0.3 is 0 Å². The molecule has 2 amide bonds. The molecule has 37 heavy (non-hydrogen) atoms. The van der Waals surface area contributed by atoms with Crippen LogP contribution in [0, 0.1) is 12.3 Å². The fraction of sp³-hybridized carbons (Fsp3) is 0.321. The predicted molar refractivity (Wildman–Crippen MR) is 145 cm³/mol. The van der Waals surface area contributed by atoms with Crippen LogP contribution < -0.4 is 10.6 Å². The van der Waals surface area contributed by atoms with Crippen molar-refractivity contribution < 1.29 is 14.0 Å². The topological polar surface area (TPSA) is 126 Å². The molecule has 0 saturated heterocycles. The molecule has 0 saturated carbocycles. The molecule has 1 atom stereocenters. The van der Waals surface area contributed by atoms with Crippen molar-refractivity contribution >= 4 is 29.7 Å². The summed E-state index contributed by atoms with van der Waals surface area (Å²) in [6, 6.07) is 7.54. The third kappa shape index (κ3) is 6.49. The molecule has 2 heterocycles. The molecule has 1 aromatic carbocycles. The highest BCUT2D eigenvalue weighted by Crippen LogP contribution is 2.27. The van der Waals surface area contributed by atoms with Crippen LogP contribution in [0.2, 0.25) is 0 Å². The molecule has 0 aliphatic rings. The van der Waals surface area contributed by atoms with Gasteiger partial charge in [-0.05, 0) is 51.8 Å². The summed E-state index contributed by atoms with van der Waals surface area (Å²) < 4.78 is 7.35. The van der Waals surface area contributed by atoms with Crippen LogP contribution in [-0.2, 0) is 4.79 Å². The Morgan fingerprint density at radius 3 is 2.57 bits per heavy atom. The first kappa shape index (κ1) is 27.3. The number of hydrogen-bond acceptors (Lipinski definition) is 6. The Morgan fingerprint density at radius 1 is 1.22 bits per heavy atom. The highest BCUT2D eigenvalue weighted by atomic mass is 16.3. The Bertz CT molecular complexity index is 1310. The van der Waals surface area contributed by atoms with E-state index in [1.54, 1.807) is 12.3 Å². The molecular weight excluding hydrogens is 468 g/mol. The number of rotatable bonds is 11. The Balaban J connectivity index is 1.91. The summed E-state index contributed by atoms with van der Waals surface area (Å²) in [6.45, 7) is 9.99. The maximum Gasteiger partial charge on any atom is 0.273 e. The van der Waals surface area contributed by atoms with Crippen molar-refractivity contribution in [2.24, 2.45) is 0 Å². The van der Waals surface area contributed by atoms with Crippen LogP contribution in [0.15, 0.2) is 52.8 Å². The quantitative estimate of drug-likeness (QED) is 0.250. The summed E-state index contributed by atoms with van der Waals surface area (Å²) in [7, 11) is 0. The molecule has 0 spiro atoms. The Morgan fingerprint density at radius 2 is 1.95 bits per heavy atom. The van der Waals surface area contributed by atoms with Crippen molar-refractivity contribution in [3.8, 4) is 5.69 Å². The standard InChI is InChI=1S/C28H34N6O3/c1-6-18(4)15-25-22(16-31-34(25)20-11-9-19(5)10-12-20)21(7-2)26(35)32-23(8-3)28-33-24(17-37-28)27(36)30-14-13-29/h7,9-13,15-17,23,29H,6,8,14H2,1-5H3,(H,30,36)(H,32,35)/b18-15+,21-7+,29-13?. The van der Waals surface area contributed by atoms with Crippen LogP contribution in [0.1, 0.15) is 79.8 Å². The molecule has 2 aromatic heterocycles. The first-order valence-electron chi connectivity index (χ1n) is 12.3. The average molecular weight is 503 g/mol. The molecule has 0 fully saturated rings. The lowest BCUT2D eigenvalue weighted by atomic mass is 10.0. The van der Waals surface area contributed by atoms with Crippen molar-refractivity contribution in [1.82, 2.24) is 25.4 Å². The Labute approximate surface area is 217 Å². The average Bonchev–Trinajstić information content (AvgIpc) is 3.55. The molecule has 9 heteroatoms. The third-order valence-electron chi connectivity index (χ3n) is 5.98. The van der Waals surface area contributed by atoms with E-state index in [9.17, 15) is 9.59 Å². The van der Waals surface area contributed by atoms with Gasteiger partial charge in [0.25, 0.3) is 11.8 Å². The van der Waals surface area contributed by atoms with Crippen LogP contribution in [0.3, 0.4) is 0 Å². The van der Waals surface area contributed by atoms with E-state index in [1.807, 2.05) is 49.7 Å². The maximum absolute atomic E-state index is 13.5. The van der Waals surface area contributed by atoms with E-state index in [2.05, 4.69) is 40.6 Å². The van der Waals surface area contributed by atoms with Gasteiger partial charge in [-0.15, -0.1) is 0 Å². The molecule has 0 aliphatic heterocycles. The van der Waals surface area contributed by atoms with E-state index in [0.717, 1.165) is 35.2 Å². The summed E-state index contributed by atoms with van der Waals surface area (Å²) in [6.07, 6.45) is 9.25. The molecule has 0 bridgehead atoms. The normalized spacial score (nSPS) is 12.8. The van der Waals surface area contributed by atoms with Gasteiger partial charge < -0.3 is 20.5 Å². The van der Waals surface area contributed by atoms with Gasteiger partial charge in [0, 0.05) is 17.4 Å². The van der Waals surface area contributed by atoms with Crippen molar-refractivity contribution in [1.29, 1.82) is 5.41 Å². The zero-order valence-corrected chi connectivity index (χ0v) is 22.0. The molecular formula is C28H34N6O3. The van der Waals surface area contributed by atoms with Crippen molar-refractivity contribution in [3.63, 3.8) is 0 Å². The zero-order chi connectivity index (χ0) is 26.9. The first-order chi connectivity index (χ1) is 17.8. The van der Waals surface area contributed by atoms with Crippen molar-refractivity contribution in [2.75, 3.05) is 6.54 Å². The second kappa shape index (κ2) is 12.6. The lowest BCUT2D eigenvalue weighted by Gasteiger charge is -2.16. The molecule has 3 rings (SSSR count). The fourth-order valence-corrected chi connectivity index (χ4v) is 3.70. The van der Waals surface area contributed by atoms with E-state index in [4.69, 9.17) is 9.83 Å². The number of hydrogen-bond donors (Lipinski definition) is 3. The molecule has 3 aromatic rings. The van der Waals surface area contributed by atoms with E-state index < -0.39 is 11.9 Å². The SMILES string of the molecule is C/C=C(/C(=O)NC(CC)c1nc(C(=O)NCC=N)co1)c1cnn(-c2ccc(C)cc2)c1/C=C(\C)CC. The smallest absolute Gasteiger partial charge is 0.273 e. The second-order valence-corrected chi connectivity index (χ2v) is 8.66. The number of nitrogens with one attached hydrogen (secondary N) is 3. The van der Waals surface area contributed by atoms with Gasteiger partial charge in [0.2, 0.25) is 5.89 Å². The molecule has 1 unspecified atom stereocenters. The number of amides is 2. The summed E-state index contributed by atoms with van der Waals surface area (Å²) in [5.74, 6) is -0.502. The van der Waals surface area contributed by atoms with Gasteiger partial charge in [-0.2, -0.15) is 5.10 Å². The van der Waals surface area contributed by atoms with Crippen LogP contribution in [0.25, 0.3) is 17.3 Å². The largest absolute Gasteiger partial charge is 0.446 e. The number of carbonyl (C=O) groups excluding carboxylic acids is 2. The lowest BCUT2D eigenvalue weighted by molar-refractivity contribution is -0.116. The van der Waals surface area contributed by atoms with Gasteiger partial charge in [-0.3, -0.25) is 9.59 Å². The minimum atomic E-state index is -0.532. The minimum Gasteiger partial charge on any atom is -0.446 e. The predicted octanol–water partition coefficient (Wildman–Crippen LogP) is 5.03. The molecule has 194 valence electrons. The number of allylic oxidation sites excluding steroid dienone is 2. The highest BCUT2D eigenvalue weighted by Gasteiger charge is 2.24.